The summed E-state index contributed by atoms with van der Waals surface area (Å²) in [6, 6.07) is 5.65. The van der Waals surface area contributed by atoms with Gasteiger partial charge in [0.25, 0.3) is 0 Å². The highest BCUT2D eigenvalue weighted by molar-refractivity contribution is 6.35. The van der Waals surface area contributed by atoms with E-state index >= 15 is 0 Å². The van der Waals surface area contributed by atoms with E-state index in [2.05, 4.69) is 5.32 Å². The largest absolute Gasteiger partial charge is 0.366 e. The van der Waals surface area contributed by atoms with E-state index in [9.17, 15) is 0 Å². The Morgan fingerprint density at radius 2 is 1.89 bits per heavy atom. The highest BCUT2D eigenvalue weighted by Gasteiger charge is 2.23. The van der Waals surface area contributed by atoms with E-state index < -0.39 is 0 Å². The van der Waals surface area contributed by atoms with Gasteiger partial charge in [0.15, 0.2) is 0 Å². The normalized spacial score (nSPS) is 27.4. The number of halogens is 3. The molecule has 3 unspecified atom stereocenters. The predicted octanol–water partition coefficient (Wildman–Crippen LogP) is 3.99. The average molecular weight is 307 g/mol. The van der Waals surface area contributed by atoms with Crippen LogP contribution >= 0.6 is 34.8 Å². The van der Waals surface area contributed by atoms with Gasteiger partial charge in [-0.25, -0.2) is 0 Å². The SMILES string of the molecule is CC1C=CC(OCc2c(Cl)cccc2Cl)C(Cl)N1. The summed E-state index contributed by atoms with van der Waals surface area (Å²) in [6.07, 6.45) is 3.80. The second kappa shape index (κ2) is 6.27. The van der Waals surface area contributed by atoms with E-state index in [1.54, 1.807) is 12.1 Å². The standard InChI is InChI=1S/C13H14Cl3NO/c1-8-5-6-12(13(16)17-8)18-7-9-10(14)3-2-4-11(9)15/h2-6,8,12-13,17H,7H2,1H3. The molecule has 0 radical (unpaired) electrons. The number of hydrogen-bond donors (Lipinski definition) is 1. The molecule has 3 atom stereocenters. The lowest BCUT2D eigenvalue weighted by Crippen LogP contribution is -2.43. The van der Waals surface area contributed by atoms with Gasteiger partial charge in [-0.2, -0.15) is 0 Å². The van der Waals surface area contributed by atoms with Crippen LogP contribution in [0, 0.1) is 0 Å². The molecule has 1 N–H and O–H groups in total. The first-order valence-electron chi connectivity index (χ1n) is 5.71. The Labute approximate surface area is 122 Å². The third-order valence-corrected chi connectivity index (χ3v) is 3.86. The van der Waals surface area contributed by atoms with Gasteiger partial charge in [-0.3, -0.25) is 5.32 Å². The van der Waals surface area contributed by atoms with Crippen LogP contribution in [-0.4, -0.2) is 17.6 Å². The highest BCUT2D eigenvalue weighted by atomic mass is 35.5. The van der Waals surface area contributed by atoms with Crippen LogP contribution in [-0.2, 0) is 11.3 Å². The van der Waals surface area contributed by atoms with Gasteiger partial charge in [-0.15, -0.1) is 11.6 Å². The Hall–Kier alpha value is -0.250. The quantitative estimate of drug-likeness (QED) is 0.518. The first-order chi connectivity index (χ1) is 8.58. The van der Waals surface area contributed by atoms with Crippen LogP contribution in [0.1, 0.15) is 12.5 Å². The molecule has 1 aromatic carbocycles. The molecule has 18 heavy (non-hydrogen) atoms. The minimum atomic E-state index is -0.244. The summed E-state index contributed by atoms with van der Waals surface area (Å²) >= 11 is 18.3. The maximum Gasteiger partial charge on any atom is 0.113 e. The fraction of sp³-hybridized carbons (Fsp3) is 0.385. The van der Waals surface area contributed by atoms with E-state index in [1.165, 1.54) is 0 Å². The molecule has 0 amide bonds. The van der Waals surface area contributed by atoms with Crippen LogP contribution < -0.4 is 5.32 Å². The summed E-state index contributed by atoms with van der Waals surface area (Å²) < 4.78 is 5.74. The van der Waals surface area contributed by atoms with E-state index in [0.29, 0.717) is 16.7 Å². The zero-order valence-electron chi connectivity index (χ0n) is 9.87. The summed E-state index contributed by atoms with van der Waals surface area (Å²) in [7, 11) is 0. The van der Waals surface area contributed by atoms with Crippen LogP contribution in [0.25, 0.3) is 0 Å². The van der Waals surface area contributed by atoms with Gasteiger partial charge in [0.2, 0.25) is 0 Å². The molecule has 1 aliphatic rings. The third-order valence-electron chi connectivity index (χ3n) is 2.78. The van der Waals surface area contributed by atoms with E-state index in [1.807, 2.05) is 25.1 Å². The fourth-order valence-electron chi connectivity index (χ4n) is 1.77. The molecule has 0 aromatic heterocycles. The van der Waals surface area contributed by atoms with Crippen molar-refractivity contribution in [1.29, 1.82) is 0 Å². The molecule has 98 valence electrons. The maximum atomic E-state index is 6.17. The van der Waals surface area contributed by atoms with Crippen LogP contribution in [0.4, 0.5) is 0 Å². The smallest absolute Gasteiger partial charge is 0.113 e. The van der Waals surface area contributed by atoms with Gasteiger partial charge in [0.1, 0.15) is 11.6 Å². The van der Waals surface area contributed by atoms with Crippen molar-refractivity contribution in [1.82, 2.24) is 5.32 Å². The number of hydrogen-bond acceptors (Lipinski definition) is 2. The third kappa shape index (κ3) is 3.40. The number of rotatable bonds is 3. The number of ether oxygens (including phenoxy) is 1. The van der Waals surface area contributed by atoms with Crippen molar-refractivity contribution >= 4 is 34.8 Å². The molecule has 0 spiro atoms. The van der Waals surface area contributed by atoms with Gasteiger partial charge in [0.05, 0.1) is 6.61 Å². The Morgan fingerprint density at radius 1 is 1.22 bits per heavy atom. The lowest BCUT2D eigenvalue weighted by molar-refractivity contribution is 0.0585. The van der Waals surface area contributed by atoms with Crippen molar-refractivity contribution in [3.8, 4) is 0 Å². The van der Waals surface area contributed by atoms with Crippen LogP contribution in [0.15, 0.2) is 30.4 Å². The molecule has 0 fully saturated rings. The van der Waals surface area contributed by atoms with Crippen LogP contribution in [0.2, 0.25) is 10.0 Å². The molecule has 0 bridgehead atoms. The zero-order chi connectivity index (χ0) is 13.1. The summed E-state index contributed by atoms with van der Waals surface area (Å²) in [4.78, 5) is 0. The lowest BCUT2D eigenvalue weighted by Gasteiger charge is -2.27. The van der Waals surface area contributed by atoms with Crippen molar-refractivity contribution < 1.29 is 4.74 Å². The molecule has 0 saturated carbocycles. The molecule has 0 saturated heterocycles. The van der Waals surface area contributed by atoms with Gasteiger partial charge < -0.3 is 4.74 Å². The molecule has 2 rings (SSSR count). The first kappa shape index (κ1) is 14.2. The molecule has 0 aliphatic carbocycles. The van der Waals surface area contributed by atoms with Crippen molar-refractivity contribution in [2.75, 3.05) is 0 Å². The fourth-order valence-corrected chi connectivity index (χ4v) is 2.63. The van der Waals surface area contributed by atoms with Gasteiger partial charge in [-0.1, -0.05) is 41.4 Å². The zero-order valence-corrected chi connectivity index (χ0v) is 12.1. The highest BCUT2D eigenvalue weighted by Crippen LogP contribution is 2.26. The maximum absolute atomic E-state index is 6.17. The van der Waals surface area contributed by atoms with Crippen molar-refractivity contribution in [2.24, 2.45) is 0 Å². The Kier molecular flexibility index (Phi) is 4.93. The number of benzene rings is 1. The van der Waals surface area contributed by atoms with Gasteiger partial charge >= 0.3 is 0 Å². The first-order valence-corrected chi connectivity index (χ1v) is 6.90. The monoisotopic (exact) mass is 305 g/mol. The molecule has 1 aromatic rings. The van der Waals surface area contributed by atoms with Crippen molar-refractivity contribution in [2.45, 2.75) is 31.2 Å². The van der Waals surface area contributed by atoms with Crippen molar-refractivity contribution in [3.63, 3.8) is 0 Å². The summed E-state index contributed by atoms with van der Waals surface area (Å²) in [6.45, 7) is 2.37. The second-order valence-electron chi connectivity index (χ2n) is 4.22. The summed E-state index contributed by atoms with van der Waals surface area (Å²) in [5.74, 6) is 0. The molecular formula is C13H14Cl3NO. The summed E-state index contributed by atoms with van der Waals surface area (Å²) in [5, 5.41) is 4.39. The average Bonchev–Trinajstić information content (AvgIpc) is 2.31. The predicted molar refractivity (Wildman–Crippen MR) is 76.4 cm³/mol. The Morgan fingerprint density at radius 3 is 2.50 bits per heavy atom. The lowest BCUT2D eigenvalue weighted by atomic mass is 10.1. The van der Waals surface area contributed by atoms with Crippen LogP contribution in [0.3, 0.4) is 0 Å². The second-order valence-corrected chi connectivity index (χ2v) is 5.50. The minimum Gasteiger partial charge on any atom is -0.366 e. The Bertz CT molecular complexity index is 430. The van der Waals surface area contributed by atoms with Gasteiger partial charge in [0, 0.05) is 21.7 Å². The van der Waals surface area contributed by atoms with Gasteiger partial charge in [-0.05, 0) is 19.1 Å². The van der Waals surface area contributed by atoms with E-state index in [4.69, 9.17) is 39.5 Å². The Balaban J connectivity index is 2.02. The van der Waals surface area contributed by atoms with E-state index in [-0.39, 0.29) is 17.6 Å². The molecule has 2 nitrogen and oxygen atoms in total. The molecule has 1 aliphatic heterocycles. The van der Waals surface area contributed by atoms with Crippen molar-refractivity contribution in [3.05, 3.63) is 46.0 Å². The topological polar surface area (TPSA) is 21.3 Å². The van der Waals surface area contributed by atoms with Crippen LogP contribution in [0.5, 0.6) is 0 Å². The number of alkyl halides is 1. The summed E-state index contributed by atoms with van der Waals surface area (Å²) in [5.41, 5.74) is 0.544. The number of nitrogens with one attached hydrogen (secondary N) is 1. The van der Waals surface area contributed by atoms with E-state index in [0.717, 1.165) is 5.56 Å². The minimum absolute atomic E-state index is 0.185. The molecular weight excluding hydrogens is 293 g/mol. The molecule has 5 heteroatoms. The molecule has 1 heterocycles.